The first-order chi connectivity index (χ1) is 9.81. The molecule has 2 aromatic rings. The number of nitro groups is 1. The lowest BCUT2D eigenvalue weighted by Gasteiger charge is -2.12. The zero-order chi connectivity index (χ0) is 15.6. The molecule has 1 atom stereocenters. The SMILES string of the molecule is Cc1ccc(S(=O)(=O)N[C@@H](C)c2ccco2)cc1[N+](=O)[O-]. The molecule has 0 amide bonds. The van der Waals surface area contributed by atoms with E-state index in [0.717, 1.165) is 6.07 Å². The minimum atomic E-state index is -3.87. The van der Waals surface area contributed by atoms with Gasteiger partial charge in [-0.2, -0.15) is 0 Å². The van der Waals surface area contributed by atoms with Crippen molar-refractivity contribution in [3.05, 3.63) is 58.0 Å². The molecular formula is C13H14N2O5S. The van der Waals surface area contributed by atoms with E-state index in [4.69, 9.17) is 4.42 Å². The summed E-state index contributed by atoms with van der Waals surface area (Å²) in [7, 11) is -3.87. The van der Waals surface area contributed by atoms with Crippen LogP contribution in [-0.4, -0.2) is 13.3 Å². The summed E-state index contributed by atoms with van der Waals surface area (Å²) in [6, 6.07) is 6.50. The second kappa shape index (κ2) is 5.66. The van der Waals surface area contributed by atoms with E-state index in [1.54, 1.807) is 26.0 Å². The van der Waals surface area contributed by atoms with E-state index in [1.807, 2.05) is 0 Å². The maximum atomic E-state index is 12.2. The fourth-order valence-corrected chi connectivity index (χ4v) is 3.08. The van der Waals surface area contributed by atoms with Crippen LogP contribution in [0.25, 0.3) is 0 Å². The fraction of sp³-hybridized carbons (Fsp3) is 0.231. The quantitative estimate of drug-likeness (QED) is 0.675. The lowest BCUT2D eigenvalue weighted by atomic mass is 10.2. The molecule has 8 heteroatoms. The smallest absolute Gasteiger partial charge is 0.273 e. The van der Waals surface area contributed by atoms with Gasteiger partial charge in [0.05, 0.1) is 22.1 Å². The molecule has 0 fully saturated rings. The van der Waals surface area contributed by atoms with Gasteiger partial charge in [0.2, 0.25) is 10.0 Å². The van der Waals surface area contributed by atoms with Crippen molar-refractivity contribution in [1.29, 1.82) is 0 Å². The molecule has 1 N–H and O–H groups in total. The van der Waals surface area contributed by atoms with Crippen molar-refractivity contribution in [2.75, 3.05) is 0 Å². The van der Waals surface area contributed by atoms with Crippen LogP contribution in [0.3, 0.4) is 0 Å². The average molecular weight is 310 g/mol. The van der Waals surface area contributed by atoms with Crippen LogP contribution in [0.1, 0.15) is 24.3 Å². The van der Waals surface area contributed by atoms with E-state index < -0.39 is 21.0 Å². The Hall–Kier alpha value is -2.19. The summed E-state index contributed by atoms with van der Waals surface area (Å²) in [5.41, 5.74) is 0.168. The second-order valence-electron chi connectivity index (χ2n) is 4.56. The zero-order valence-corrected chi connectivity index (χ0v) is 12.3. The van der Waals surface area contributed by atoms with Crippen LogP contribution >= 0.6 is 0 Å². The van der Waals surface area contributed by atoms with Crippen LogP contribution in [0, 0.1) is 17.0 Å². The molecule has 1 aromatic carbocycles. The molecule has 0 spiro atoms. The normalized spacial score (nSPS) is 13.0. The van der Waals surface area contributed by atoms with Gasteiger partial charge in [-0.3, -0.25) is 10.1 Å². The first-order valence-corrected chi connectivity index (χ1v) is 7.60. The van der Waals surface area contributed by atoms with Crippen molar-refractivity contribution in [1.82, 2.24) is 4.72 Å². The topological polar surface area (TPSA) is 102 Å². The Bertz CT molecular complexity index is 753. The standard InChI is InChI=1S/C13H14N2O5S/c1-9-5-6-11(8-12(9)15(16)17)21(18,19)14-10(2)13-4-3-7-20-13/h3-8,10,14H,1-2H3/t10-/m0/s1. The summed E-state index contributed by atoms with van der Waals surface area (Å²) in [5, 5.41) is 10.9. The first kappa shape index (κ1) is 15.2. The van der Waals surface area contributed by atoms with Gasteiger partial charge in [-0.25, -0.2) is 13.1 Å². The third-order valence-electron chi connectivity index (χ3n) is 2.99. The molecule has 2 rings (SSSR count). The third-order valence-corrected chi connectivity index (χ3v) is 4.53. The molecule has 0 aliphatic heterocycles. The Kier molecular flexibility index (Phi) is 4.10. The van der Waals surface area contributed by atoms with E-state index >= 15 is 0 Å². The highest BCUT2D eigenvalue weighted by atomic mass is 32.2. The van der Waals surface area contributed by atoms with E-state index in [0.29, 0.717) is 11.3 Å². The highest BCUT2D eigenvalue weighted by molar-refractivity contribution is 7.89. The summed E-state index contributed by atoms with van der Waals surface area (Å²) in [4.78, 5) is 10.1. The summed E-state index contributed by atoms with van der Waals surface area (Å²) >= 11 is 0. The van der Waals surface area contributed by atoms with Crippen LogP contribution < -0.4 is 4.72 Å². The minimum absolute atomic E-state index is 0.154. The summed E-state index contributed by atoms with van der Waals surface area (Å²) < 4.78 is 32.0. The first-order valence-electron chi connectivity index (χ1n) is 6.12. The highest BCUT2D eigenvalue weighted by Crippen LogP contribution is 2.23. The van der Waals surface area contributed by atoms with Crippen LogP contribution in [0.5, 0.6) is 0 Å². The van der Waals surface area contributed by atoms with E-state index in [1.165, 1.54) is 18.4 Å². The number of benzene rings is 1. The number of aryl methyl sites for hydroxylation is 1. The molecule has 0 radical (unpaired) electrons. The molecule has 0 saturated heterocycles. The maximum Gasteiger partial charge on any atom is 0.273 e. The fourth-order valence-electron chi connectivity index (χ4n) is 1.85. The van der Waals surface area contributed by atoms with Crippen molar-refractivity contribution < 1.29 is 17.8 Å². The number of nitro benzene ring substituents is 1. The minimum Gasteiger partial charge on any atom is -0.468 e. The Labute approximate surface area is 121 Å². The van der Waals surface area contributed by atoms with Crippen molar-refractivity contribution >= 4 is 15.7 Å². The molecule has 0 aliphatic carbocycles. The van der Waals surface area contributed by atoms with E-state index in [9.17, 15) is 18.5 Å². The van der Waals surface area contributed by atoms with E-state index in [2.05, 4.69) is 4.72 Å². The number of hydrogen-bond donors (Lipinski definition) is 1. The van der Waals surface area contributed by atoms with Crippen LogP contribution in [0.2, 0.25) is 0 Å². The van der Waals surface area contributed by atoms with Gasteiger partial charge in [-0.1, -0.05) is 6.07 Å². The van der Waals surface area contributed by atoms with Crippen LogP contribution in [0.15, 0.2) is 45.9 Å². The van der Waals surface area contributed by atoms with Gasteiger partial charge in [-0.15, -0.1) is 0 Å². The summed E-state index contributed by atoms with van der Waals surface area (Å²) in [5.74, 6) is 0.459. The molecule has 0 unspecified atom stereocenters. The van der Waals surface area contributed by atoms with Gasteiger partial charge in [-0.05, 0) is 32.0 Å². The maximum absolute atomic E-state index is 12.2. The van der Waals surface area contributed by atoms with Gasteiger partial charge in [0.15, 0.2) is 0 Å². The van der Waals surface area contributed by atoms with Gasteiger partial charge < -0.3 is 4.42 Å². The molecule has 0 bridgehead atoms. The Morgan fingerprint density at radius 2 is 2.05 bits per heavy atom. The lowest BCUT2D eigenvalue weighted by Crippen LogP contribution is -2.26. The van der Waals surface area contributed by atoms with Crippen LogP contribution in [0.4, 0.5) is 5.69 Å². The number of sulfonamides is 1. The molecule has 1 heterocycles. The summed E-state index contributed by atoms with van der Waals surface area (Å²) in [6.07, 6.45) is 1.44. The largest absolute Gasteiger partial charge is 0.468 e. The molecule has 0 saturated carbocycles. The molecular weight excluding hydrogens is 296 g/mol. The highest BCUT2D eigenvalue weighted by Gasteiger charge is 2.23. The predicted molar refractivity (Wildman–Crippen MR) is 75.3 cm³/mol. The number of hydrogen-bond acceptors (Lipinski definition) is 5. The number of rotatable bonds is 5. The molecule has 112 valence electrons. The molecule has 21 heavy (non-hydrogen) atoms. The second-order valence-corrected chi connectivity index (χ2v) is 6.28. The van der Waals surface area contributed by atoms with Gasteiger partial charge in [0.1, 0.15) is 5.76 Å². The van der Waals surface area contributed by atoms with Crippen LogP contribution in [-0.2, 0) is 10.0 Å². The number of furan rings is 1. The van der Waals surface area contributed by atoms with Crippen molar-refractivity contribution in [3.63, 3.8) is 0 Å². The monoisotopic (exact) mass is 310 g/mol. The van der Waals surface area contributed by atoms with Gasteiger partial charge in [0, 0.05) is 11.6 Å². The van der Waals surface area contributed by atoms with Gasteiger partial charge in [0.25, 0.3) is 5.69 Å². The number of nitrogens with one attached hydrogen (secondary N) is 1. The lowest BCUT2D eigenvalue weighted by molar-refractivity contribution is -0.385. The predicted octanol–water partition coefficient (Wildman–Crippen LogP) is 2.54. The summed E-state index contributed by atoms with van der Waals surface area (Å²) in [6.45, 7) is 3.17. The Morgan fingerprint density at radius 1 is 1.33 bits per heavy atom. The van der Waals surface area contributed by atoms with Gasteiger partial charge >= 0.3 is 0 Å². The molecule has 0 aliphatic rings. The van der Waals surface area contributed by atoms with Crippen molar-refractivity contribution in [2.45, 2.75) is 24.8 Å². The molecule has 7 nitrogen and oxygen atoms in total. The molecule has 1 aromatic heterocycles. The van der Waals surface area contributed by atoms with Crippen molar-refractivity contribution in [3.8, 4) is 0 Å². The Balaban J connectivity index is 2.32. The third kappa shape index (κ3) is 3.29. The number of nitrogens with zero attached hydrogens (tertiary/aromatic N) is 1. The zero-order valence-electron chi connectivity index (χ0n) is 11.4. The average Bonchev–Trinajstić information content (AvgIpc) is 2.92. The van der Waals surface area contributed by atoms with Crippen molar-refractivity contribution in [2.24, 2.45) is 0 Å². The Morgan fingerprint density at radius 3 is 2.62 bits per heavy atom. The van der Waals surface area contributed by atoms with E-state index in [-0.39, 0.29) is 10.6 Å².